The molecule has 0 rings (SSSR count). The maximum absolute atomic E-state index is 9.09. The second-order valence-electron chi connectivity index (χ2n) is 3.01. The van der Waals surface area contributed by atoms with E-state index in [0.29, 0.717) is 0 Å². The van der Waals surface area contributed by atoms with E-state index in [-0.39, 0.29) is 17.0 Å². The van der Waals surface area contributed by atoms with Gasteiger partial charge in [0.15, 0.2) is 0 Å². The lowest BCUT2D eigenvalue weighted by molar-refractivity contribution is -0.00862. The van der Waals surface area contributed by atoms with Crippen LogP contribution in [0.2, 0.25) is 0 Å². The number of aliphatic hydroxyl groups is 2. The van der Waals surface area contributed by atoms with Crippen LogP contribution in [0, 0.1) is 0 Å². The molecule has 0 bridgehead atoms. The van der Waals surface area contributed by atoms with E-state index in [9.17, 15) is 0 Å². The van der Waals surface area contributed by atoms with Crippen molar-refractivity contribution >= 4 is 17.0 Å². The van der Waals surface area contributed by atoms with E-state index in [1.807, 2.05) is 0 Å². The van der Waals surface area contributed by atoms with Gasteiger partial charge in [-0.2, -0.15) is 0 Å². The Hall–Kier alpha value is 0.360. The van der Waals surface area contributed by atoms with Crippen LogP contribution >= 0.6 is 17.0 Å². The van der Waals surface area contributed by atoms with Gasteiger partial charge in [-0.05, 0) is 20.8 Å². The number of aliphatic hydroxyl groups excluding tert-OH is 2. The molecule has 0 radical (unpaired) electrons. The average Bonchev–Trinajstić information content (AvgIpc) is 1.62. The normalized spacial score (nSPS) is 17.4. The van der Waals surface area contributed by atoms with Crippen molar-refractivity contribution in [1.29, 1.82) is 0 Å². The predicted molar refractivity (Wildman–Crippen MR) is 46.3 cm³/mol. The molecule has 0 aromatic heterocycles. The standard InChI is InChI=1S/C6H15NO2.BrH/c1-4(8)5(9)6(2,3)7;/h4-5,8-9H,7H2,1-3H3;1H. The maximum Gasteiger partial charge on any atom is 0.0969 e. The lowest BCUT2D eigenvalue weighted by Gasteiger charge is -2.27. The van der Waals surface area contributed by atoms with Crippen LogP contribution in [0.5, 0.6) is 0 Å². The number of halogens is 1. The summed E-state index contributed by atoms with van der Waals surface area (Å²) in [6.45, 7) is 4.86. The molecule has 0 aromatic carbocycles. The van der Waals surface area contributed by atoms with Gasteiger partial charge < -0.3 is 15.9 Å². The highest BCUT2D eigenvalue weighted by atomic mass is 79.9. The molecule has 0 aromatic rings. The predicted octanol–water partition coefficient (Wildman–Crippen LogP) is 0.0433. The number of hydrogen-bond acceptors (Lipinski definition) is 3. The Kier molecular flexibility index (Phi) is 5.56. The third kappa shape index (κ3) is 4.22. The van der Waals surface area contributed by atoms with Gasteiger partial charge >= 0.3 is 0 Å². The Balaban J connectivity index is 0. The lowest BCUT2D eigenvalue weighted by Crippen LogP contribution is -2.50. The molecule has 3 nitrogen and oxygen atoms in total. The van der Waals surface area contributed by atoms with Crippen molar-refractivity contribution in [1.82, 2.24) is 0 Å². The smallest absolute Gasteiger partial charge is 0.0969 e. The van der Waals surface area contributed by atoms with Gasteiger partial charge in [0, 0.05) is 5.54 Å². The summed E-state index contributed by atoms with van der Waals surface area (Å²) in [4.78, 5) is 0. The summed E-state index contributed by atoms with van der Waals surface area (Å²) in [5.41, 5.74) is 4.76. The van der Waals surface area contributed by atoms with Crippen LogP contribution in [-0.2, 0) is 0 Å². The van der Waals surface area contributed by atoms with E-state index < -0.39 is 17.7 Å². The Labute approximate surface area is 72.0 Å². The minimum atomic E-state index is -0.850. The third-order valence-corrected chi connectivity index (χ3v) is 1.22. The molecular formula is C6H16BrNO2. The first-order chi connectivity index (χ1) is 3.85. The van der Waals surface area contributed by atoms with Crippen LogP contribution in [-0.4, -0.2) is 28.0 Å². The topological polar surface area (TPSA) is 66.5 Å². The molecule has 4 heteroatoms. The minimum Gasteiger partial charge on any atom is -0.391 e. The molecule has 0 saturated heterocycles. The van der Waals surface area contributed by atoms with Crippen LogP contribution in [0.15, 0.2) is 0 Å². The zero-order valence-electron chi connectivity index (χ0n) is 6.53. The van der Waals surface area contributed by atoms with Gasteiger partial charge in [0.1, 0.15) is 0 Å². The molecule has 0 fully saturated rings. The lowest BCUT2D eigenvalue weighted by atomic mass is 9.95. The Morgan fingerprint density at radius 2 is 1.60 bits per heavy atom. The monoisotopic (exact) mass is 213 g/mol. The van der Waals surface area contributed by atoms with Crippen molar-refractivity contribution in [3.05, 3.63) is 0 Å². The molecule has 64 valence electrons. The molecule has 2 atom stereocenters. The average molecular weight is 214 g/mol. The van der Waals surface area contributed by atoms with E-state index in [1.54, 1.807) is 13.8 Å². The summed E-state index contributed by atoms with van der Waals surface area (Å²) in [6, 6.07) is 0. The molecule has 0 saturated carbocycles. The molecule has 2 unspecified atom stereocenters. The van der Waals surface area contributed by atoms with Crippen molar-refractivity contribution in [2.75, 3.05) is 0 Å². The first-order valence-corrected chi connectivity index (χ1v) is 3.00. The molecule has 0 heterocycles. The van der Waals surface area contributed by atoms with Crippen molar-refractivity contribution in [3.63, 3.8) is 0 Å². The van der Waals surface area contributed by atoms with Gasteiger partial charge in [-0.25, -0.2) is 0 Å². The van der Waals surface area contributed by atoms with Gasteiger partial charge in [0.05, 0.1) is 12.2 Å². The Morgan fingerprint density at radius 1 is 1.30 bits per heavy atom. The van der Waals surface area contributed by atoms with Crippen molar-refractivity contribution in [3.8, 4) is 0 Å². The van der Waals surface area contributed by atoms with Crippen LogP contribution in [0.1, 0.15) is 20.8 Å². The molecule has 0 amide bonds. The van der Waals surface area contributed by atoms with E-state index in [4.69, 9.17) is 15.9 Å². The van der Waals surface area contributed by atoms with Gasteiger partial charge in [-0.3, -0.25) is 0 Å². The van der Waals surface area contributed by atoms with Crippen LogP contribution in [0.4, 0.5) is 0 Å². The maximum atomic E-state index is 9.09. The summed E-state index contributed by atoms with van der Waals surface area (Å²) >= 11 is 0. The molecule has 10 heavy (non-hydrogen) atoms. The van der Waals surface area contributed by atoms with E-state index >= 15 is 0 Å². The summed E-state index contributed by atoms with van der Waals surface area (Å²) in [5.74, 6) is 0. The van der Waals surface area contributed by atoms with Crippen LogP contribution in [0.3, 0.4) is 0 Å². The van der Waals surface area contributed by atoms with E-state index in [1.165, 1.54) is 6.92 Å². The zero-order valence-corrected chi connectivity index (χ0v) is 8.25. The minimum absolute atomic E-state index is 0. The molecule has 0 aliphatic rings. The highest BCUT2D eigenvalue weighted by Gasteiger charge is 2.26. The number of hydrogen-bond donors (Lipinski definition) is 3. The fourth-order valence-corrected chi connectivity index (χ4v) is 0.622. The summed E-state index contributed by atoms with van der Waals surface area (Å²) < 4.78 is 0. The largest absolute Gasteiger partial charge is 0.391 e. The van der Waals surface area contributed by atoms with Crippen LogP contribution < -0.4 is 5.73 Å². The van der Waals surface area contributed by atoms with Crippen molar-refractivity contribution < 1.29 is 10.2 Å². The van der Waals surface area contributed by atoms with Gasteiger partial charge in [-0.15, -0.1) is 17.0 Å². The Morgan fingerprint density at radius 3 is 1.60 bits per heavy atom. The van der Waals surface area contributed by atoms with Crippen molar-refractivity contribution in [2.45, 2.75) is 38.5 Å². The molecule has 0 aliphatic heterocycles. The summed E-state index contributed by atoms with van der Waals surface area (Å²) in [7, 11) is 0. The number of rotatable bonds is 2. The first-order valence-electron chi connectivity index (χ1n) is 3.00. The van der Waals surface area contributed by atoms with E-state index in [0.717, 1.165) is 0 Å². The second kappa shape index (κ2) is 4.28. The van der Waals surface area contributed by atoms with Crippen LogP contribution in [0.25, 0.3) is 0 Å². The molecule has 0 aliphatic carbocycles. The summed E-state index contributed by atoms with van der Waals surface area (Å²) in [5, 5.41) is 17.9. The van der Waals surface area contributed by atoms with Gasteiger partial charge in [-0.1, -0.05) is 0 Å². The Bertz CT molecular complexity index is 90.2. The first kappa shape index (κ1) is 13.0. The SMILES string of the molecule is Br.CC(O)C(O)C(C)(C)N. The molecule has 0 spiro atoms. The highest BCUT2D eigenvalue weighted by molar-refractivity contribution is 8.93. The highest BCUT2D eigenvalue weighted by Crippen LogP contribution is 2.07. The molecule has 4 N–H and O–H groups in total. The van der Waals surface area contributed by atoms with Crippen molar-refractivity contribution in [2.24, 2.45) is 5.73 Å². The molecular weight excluding hydrogens is 198 g/mol. The second-order valence-corrected chi connectivity index (χ2v) is 3.01. The van der Waals surface area contributed by atoms with Gasteiger partial charge in [0.25, 0.3) is 0 Å². The van der Waals surface area contributed by atoms with Gasteiger partial charge in [0.2, 0.25) is 0 Å². The third-order valence-electron chi connectivity index (χ3n) is 1.22. The fraction of sp³-hybridized carbons (Fsp3) is 1.00. The quantitative estimate of drug-likeness (QED) is 0.608. The fourth-order valence-electron chi connectivity index (χ4n) is 0.622. The number of nitrogens with two attached hydrogens (primary N) is 1. The summed E-state index contributed by atoms with van der Waals surface area (Å²) in [6.07, 6.45) is -1.61. The zero-order chi connectivity index (χ0) is 7.65. The van der Waals surface area contributed by atoms with E-state index in [2.05, 4.69) is 0 Å².